The number of aliphatic hydroxyl groups is 16. The lowest BCUT2D eigenvalue weighted by Gasteiger charge is -2.50. The van der Waals surface area contributed by atoms with E-state index in [1.165, 1.54) is 6.92 Å². The molecule has 5 saturated heterocycles. The van der Waals surface area contributed by atoms with Crippen LogP contribution in [0.4, 0.5) is 0 Å². The summed E-state index contributed by atoms with van der Waals surface area (Å²) in [6, 6.07) is -5.19. The second-order valence-electron chi connectivity index (χ2n) is 19.3. The Balaban J connectivity index is 1.59. The summed E-state index contributed by atoms with van der Waals surface area (Å²) in [5.41, 5.74) is 0. The third-order valence-electron chi connectivity index (χ3n) is 13.4. The maximum absolute atomic E-state index is 12.6. The zero-order valence-corrected chi connectivity index (χ0v) is 43.3. The molecular weight excluding hydrogens is 1110 g/mol. The van der Waals surface area contributed by atoms with Crippen LogP contribution in [0, 0.1) is 0 Å². The van der Waals surface area contributed by atoms with Crippen LogP contribution in [0.25, 0.3) is 0 Å². The molecule has 37 heteroatoms. The van der Waals surface area contributed by atoms with Crippen molar-refractivity contribution in [1.29, 1.82) is 0 Å². The number of carbonyl (C=O) groups excluding carboxylic acids is 3. The van der Waals surface area contributed by atoms with Crippen molar-refractivity contribution < 1.29 is 161 Å². The first-order chi connectivity index (χ1) is 36.9. The normalized spacial score (nSPS) is 42.8. The van der Waals surface area contributed by atoms with Crippen molar-refractivity contribution in [3.63, 3.8) is 0 Å². The topological polar surface area (TPSA) is 567 Å². The molecule has 36 nitrogen and oxygen atoms in total. The lowest BCUT2D eigenvalue weighted by Crippen LogP contribution is -2.68. The highest BCUT2D eigenvalue weighted by atomic mass is 32.3. The van der Waals surface area contributed by atoms with Gasteiger partial charge in [0.2, 0.25) is 17.7 Å². The molecule has 5 heterocycles. The Morgan fingerprint density at radius 1 is 0.532 bits per heavy atom. The van der Waals surface area contributed by atoms with Crippen LogP contribution in [-0.4, -0.2) is 330 Å². The van der Waals surface area contributed by atoms with Crippen LogP contribution >= 0.6 is 0 Å². The summed E-state index contributed by atoms with van der Waals surface area (Å²) in [6.07, 6.45) is -52.8. The quantitative estimate of drug-likeness (QED) is 0.0399. The van der Waals surface area contributed by atoms with Gasteiger partial charge in [-0.3, -0.25) is 18.9 Å². The monoisotopic (exact) mass is 1180 g/mol. The molecule has 0 aromatic carbocycles. The standard InChI is InChI=1S/C42H73N3O33S/c1-11-23(53)31(61)33(63)40(71-11)78-37-36(77-41-34(64)32(62)26(56)18(7-48)73-41)28(58)19(9-69-39-21(44-13(3)50)29(59)25(55)17(6-47)72-39)75-42(37)76-35(15(5-46)43-12(2)49)24(54)16(52)8-68-38-22(45-14(4)51)30(60)27(57)20(74-38)10-70-79(65,66)67/h11,15-42,46-48,52-64H,5-10H2,1-4H3,(H,43,49)(H,44,50)(H,45,51)(H,65,66,67)/t11-,15-,16+,17+,18+,19+,20+,21+,22+,23+,24-,25+,26-,27+,28-,29+,30+,31+,32-,33-,34+,35+,36-,37+,38+,39+,40-,41-,42-/m0/s1. The second-order valence-corrected chi connectivity index (χ2v) is 20.4. The molecule has 0 bridgehead atoms. The van der Waals surface area contributed by atoms with Crippen molar-refractivity contribution in [2.75, 3.05) is 39.6 Å². The summed E-state index contributed by atoms with van der Waals surface area (Å²) < 4.78 is 94.3. The molecule has 0 aromatic heterocycles. The summed E-state index contributed by atoms with van der Waals surface area (Å²) in [6.45, 7) is -2.25. The van der Waals surface area contributed by atoms with Gasteiger partial charge in [-0.2, -0.15) is 8.42 Å². The van der Waals surface area contributed by atoms with Gasteiger partial charge in [-0.05, 0) is 6.92 Å². The predicted molar refractivity (Wildman–Crippen MR) is 245 cm³/mol. The maximum Gasteiger partial charge on any atom is 0.397 e. The van der Waals surface area contributed by atoms with E-state index < -0.39 is 246 Å². The summed E-state index contributed by atoms with van der Waals surface area (Å²) >= 11 is 0. The summed E-state index contributed by atoms with van der Waals surface area (Å²) in [7, 11) is -5.16. The van der Waals surface area contributed by atoms with Crippen LogP contribution in [0.5, 0.6) is 0 Å². The molecule has 0 unspecified atom stereocenters. The Hall–Kier alpha value is -2.76. The third kappa shape index (κ3) is 16.7. The van der Waals surface area contributed by atoms with Gasteiger partial charge in [-0.1, -0.05) is 0 Å². The van der Waals surface area contributed by atoms with Gasteiger partial charge in [0.25, 0.3) is 0 Å². The number of nitrogens with one attached hydrogen (secondary N) is 3. The first-order valence-corrected chi connectivity index (χ1v) is 25.9. The fourth-order valence-electron chi connectivity index (χ4n) is 9.18. The van der Waals surface area contributed by atoms with Gasteiger partial charge < -0.3 is 145 Å². The number of amides is 3. The predicted octanol–water partition coefficient (Wildman–Crippen LogP) is -13.2. The van der Waals surface area contributed by atoms with E-state index in [2.05, 4.69) is 20.1 Å². The number of rotatable bonds is 24. The largest absolute Gasteiger partial charge is 0.397 e. The average Bonchev–Trinajstić information content (AvgIpc) is 3.45. The third-order valence-corrected chi connectivity index (χ3v) is 13.9. The van der Waals surface area contributed by atoms with E-state index >= 15 is 0 Å². The Kier molecular flexibility index (Phi) is 24.7. The first kappa shape index (κ1) is 67.0. The van der Waals surface area contributed by atoms with E-state index in [0.29, 0.717) is 0 Å². The maximum atomic E-state index is 12.6. The van der Waals surface area contributed by atoms with Gasteiger partial charge in [0.15, 0.2) is 31.5 Å². The molecule has 0 saturated carbocycles. The van der Waals surface area contributed by atoms with E-state index in [1.54, 1.807) is 0 Å². The minimum atomic E-state index is -5.16. The molecule has 0 radical (unpaired) electrons. The van der Waals surface area contributed by atoms with Gasteiger partial charge in [0, 0.05) is 20.8 Å². The van der Waals surface area contributed by atoms with E-state index in [-0.39, 0.29) is 0 Å². The minimum absolute atomic E-state index is 0.787. The molecule has 5 rings (SSSR count). The lowest BCUT2D eigenvalue weighted by atomic mass is 9.95. The van der Waals surface area contributed by atoms with E-state index in [9.17, 15) is 105 Å². The molecule has 0 spiro atoms. The highest BCUT2D eigenvalue weighted by molar-refractivity contribution is 7.80. The van der Waals surface area contributed by atoms with Crippen LogP contribution in [0.15, 0.2) is 0 Å². The van der Waals surface area contributed by atoms with Crippen LogP contribution < -0.4 is 16.0 Å². The number of aliphatic hydroxyl groups excluding tert-OH is 16. The summed E-state index contributed by atoms with van der Waals surface area (Å²) in [5.74, 6) is -2.56. The molecule has 3 amide bonds. The van der Waals surface area contributed by atoms with Crippen molar-refractivity contribution >= 4 is 28.1 Å². The van der Waals surface area contributed by atoms with Gasteiger partial charge in [0.05, 0.1) is 51.8 Å². The van der Waals surface area contributed by atoms with Gasteiger partial charge in [-0.15, -0.1) is 0 Å². The highest BCUT2D eigenvalue weighted by Crippen LogP contribution is 2.36. The number of hydrogen-bond acceptors (Lipinski definition) is 32. The molecule has 460 valence electrons. The number of carbonyl (C=O) groups is 3. The van der Waals surface area contributed by atoms with E-state index in [1.807, 2.05) is 0 Å². The fraction of sp³-hybridized carbons (Fsp3) is 0.929. The molecule has 0 aliphatic carbocycles. The van der Waals surface area contributed by atoms with E-state index in [0.717, 1.165) is 20.8 Å². The molecule has 5 aliphatic heterocycles. The number of ether oxygens (including phenoxy) is 10. The van der Waals surface area contributed by atoms with Crippen molar-refractivity contribution in [2.24, 2.45) is 0 Å². The fourth-order valence-corrected chi connectivity index (χ4v) is 9.49. The van der Waals surface area contributed by atoms with Crippen molar-refractivity contribution in [1.82, 2.24) is 16.0 Å². The smallest absolute Gasteiger partial charge is 0.394 e. The summed E-state index contributed by atoms with van der Waals surface area (Å²) in [5, 5.41) is 181. The second kappa shape index (κ2) is 29.2. The van der Waals surface area contributed by atoms with Crippen molar-refractivity contribution in [3.05, 3.63) is 0 Å². The first-order valence-electron chi connectivity index (χ1n) is 24.5. The molecule has 79 heavy (non-hydrogen) atoms. The Labute approximate surface area is 449 Å². The highest BCUT2D eigenvalue weighted by Gasteiger charge is 2.57. The number of hydrogen-bond donors (Lipinski definition) is 20. The van der Waals surface area contributed by atoms with Crippen molar-refractivity contribution in [3.8, 4) is 0 Å². The van der Waals surface area contributed by atoms with E-state index in [4.69, 9.17) is 51.9 Å². The van der Waals surface area contributed by atoms with Crippen LogP contribution in [-0.2, 0) is 76.3 Å². The zero-order chi connectivity index (χ0) is 59.1. The minimum Gasteiger partial charge on any atom is -0.394 e. The molecule has 0 aromatic rings. The Bertz CT molecular complexity index is 2060. The van der Waals surface area contributed by atoms with Crippen LogP contribution in [0.1, 0.15) is 27.7 Å². The molecule has 5 aliphatic rings. The van der Waals surface area contributed by atoms with Crippen molar-refractivity contribution in [2.45, 2.75) is 205 Å². The Morgan fingerprint density at radius 3 is 1.51 bits per heavy atom. The molecular formula is C42H73N3O33S. The molecule has 5 fully saturated rings. The molecule has 20 N–H and O–H groups in total. The SMILES string of the molecule is CC(=O)N[C@H]1[C@H](OC[C@H]2O[C@@H](O[C@@H]([C@@H](O)[C@H](O)CO[C@@H]3O[C@H](COS(=O)(=O)O)[C@@H](O)[C@H](O)[C@H]3NC(C)=O)[C@H](CO)NC(C)=O)[C@H](O[C@@H]3O[C@@H](C)[C@@H](O)[C@@H](O)[C@@H]3O)[C@@H](O[C@@H]3O[C@H](CO)[C@H](O)[C@H](O)[C@H]3O)[C@H]2O)O[C@H](CO)[C@@H](O)[C@@H]1O. The van der Waals surface area contributed by atoms with Crippen LogP contribution in [0.3, 0.4) is 0 Å². The van der Waals surface area contributed by atoms with Gasteiger partial charge in [-0.25, -0.2) is 4.18 Å². The van der Waals surface area contributed by atoms with Crippen LogP contribution in [0.2, 0.25) is 0 Å². The Morgan fingerprint density at radius 2 is 0.987 bits per heavy atom. The van der Waals surface area contributed by atoms with Gasteiger partial charge >= 0.3 is 10.4 Å². The average molecular weight is 1180 g/mol. The molecule has 29 atom stereocenters. The zero-order valence-electron chi connectivity index (χ0n) is 42.5. The van der Waals surface area contributed by atoms with Gasteiger partial charge in [0.1, 0.15) is 134 Å². The summed E-state index contributed by atoms with van der Waals surface area (Å²) in [4.78, 5) is 37.0. The lowest BCUT2D eigenvalue weighted by molar-refractivity contribution is -0.399.